The van der Waals surface area contributed by atoms with Crippen LogP contribution >= 0.6 is 34.0 Å². The number of hydrogen-bond acceptors (Lipinski definition) is 0. The Hall–Kier alpha value is 3.13. The Balaban J connectivity index is 0. The maximum atomic E-state index is 0. The van der Waals surface area contributed by atoms with Crippen LogP contribution in [0.5, 0.6) is 0 Å². The van der Waals surface area contributed by atoms with Gasteiger partial charge in [-0.2, -0.15) is 0 Å². The number of hydrogen-bond donors (Lipinski definition) is 0. The summed E-state index contributed by atoms with van der Waals surface area (Å²) in [6, 6.07) is 0. The van der Waals surface area contributed by atoms with Crippen LogP contribution < -0.4 is 0 Å². The molecule has 0 aromatic rings. The van der Waals surface area contributed by atoms with E-state index in [1.165, 1.54) is 0 Å². The van der Waals surface area contributed by atoms with E-state index in [0.29, 0.717) is 0 Å². The van der Waals surface area contributed by atoms with Gasteiger partial charge in [-0.3, -0.25) is 0 Å². The summed E-state index contributed by atoms with van der Waals surface area (Å²) in [7, 11) is 0. The molecule has 0 unspecified atom stereocenters. The van der Waals surface area contributed by atoms with Gasteiger partial charge in [0, 0.05) is 0 Å². The first-order chi connectivity index (χ1) is 0. The van der Waals surface area contributed by atoms with Gasteiger partial charge in [-0.15, -0.1) is 34.0 Å². The fourth-order valence-corrected chi connectivity index (χ4v) is 0. The van der Waals surface area contributed by atoms with Gasteiger partial charge in [0.15, 0.2) is 17.4 Å². The third kappa shape index (κ3) is 8.93. The first-order valence-electron chi connectivity index (χ1n) is 0. The van der Waals surface area contributed by atoms with Crippen molar-refractivity contribution in [3.63, 3.8) is 0 Å². The van der Waals surface area contributed by atoms with Crippen molar-refractivity contribution in [3.05, 3.63) is 0 Å². The monoisotopic (exact) mass is 230 g/mol. The normalized spacial score (nSPS) is 0. The summed E-state index contributed by atoms with van der Waals surface area (Å²) in [4.78, 5) is 0. The summed E-state index contributed by atoms with van der Waals surface area (Å²) in [5.41, 5.74) is 0. The summed E-state index contributed by atoms with van der Waals surface area (Å²) < 4.78 is 0. The molecule has 0 heterocycles. The fraction of sp³-hybridized carbons (Fsp3) is 0. The summed E-state index contributed by atoms with van der Waals surface area (Å²) in [5.74, 6) is 0. The van der Waals surface area contributed by atoms with Crippen LogP contribution in [0.1, 0.15) is 0 Å². The molecule has 0 fully saturated rings. The van der Waals surface area contributed by atoms with Gasteiger partial charge in [0.25, 0.3) is 0 Å². The fourth-order valence-electron chi connectivity index (χ4n) is 0. The Morgan fingerprint density at radius 3 is 0.750 bits per heavy atom. The van der Waals surface area contributed by atoms with Crippen LogP contribution in [-0.4, -0.2) is 68.7 Å². The van der Waals surface area contributed by atoms with E-state index in [0.717, 1.165) is 0 Å². The zero-order valence-electron chi connectivity index (χ0n) is 0.816. The van der Waals surface area contributed by atoms with Crippen LogP contribution in [0, 0.1) is 0 Å². The van der Waals surface area contributed by atoms with Gasteiger partial charge in [0.05, 0.1) is 0 Å². The molecule has 0 spiro atoms. The molecule has 0 amide bonds. The molecule has 0 aliphatic heterocycles. The zero-order chi connectivity index (χ0) is 0. The van der Waals surface area contributed by atoms with Crippen molar-refractivity contribution in [1.82, 2.24) is 0 Å². The Kier molecular flexibility index (Phi) is 113. The first-order valence-corrected chi connectivity index (χ1v) is 0. The third-order valence-corrected chi connectivity index (χ3v) is 0. The minimum atomic E-state index is 0. The summed E-state index contributed by atoms with van der Waals surface area (Å²) in [5, 5.41) is 0. The first kappa shape index (κ1) is 27.4. The van der Waals surface area contributed by atoms with E-state index in [-0.39, 0.29) is 103 Å². The Labute approximate surface area is 100 Å². The summed E-state index contributed by atoms with van der Waals surface area (Å²) >= 11 is 0. The van der Waals surface area contributed by atoms with E-state index in [2.05, 4.69) is 0 Å². The SMILES string of the molecule is Br.Br.[AlH3].[KH]. The third-order valence-electron chi connectivity index (χ3n) is 0. The molecule has 0 aliphatic carbocycles. The van der Waals surface area contributed by atoms with Crippen molar-refractivity contribution in [1.29, 1.82) is 0 Å². The van der Waals surface area contributed by atoms with Gasteiger partial charge in [-0.05, 0) is 0 Å². The van der Waals surface area contributed by atoms with Gasteiger partial charge in [-0.25, -0.2) is 0 Å². The summed E-state index contributed by atoms with van der Waals surface area (Å²) in [6.45, 7) is 0. The van der Waals surface area contributed by atoms with Crippen LogP contribution in [0.3, 0.4) is 0 Å². The molecule has 4 heavy (non-hydrogen) atoms. The van der Waals surface area contributed by atoms with E-state index >= 15 is 0 Å². The number of halogens is 2. The molecule has 24 valence electrons. The molecular weight excluding hydrogens is 226 g/mol. The topological polar surface area (TPSA) is 0 Å². The van der Waals surface area contributed by atoms with Crippen LogP contribution in [0.25, 0.3) is 0 Å². The second-order valence-electron chi connectivity index (χ2n) is 0. The minimum absolute atomic E-state index is 0. The van der Waals surface area contributed by atoms with E-state index in [1.54, 1.807) is 0 Å². The maximum absolute atomic E-state index is 0. The van der Waals surface area contributed by atoms with Crippen LogP contribution in [-0.2, 0) is 0 Å². The Bertz CT molecular complexity index is 6.00. The van der Waals surface area contributed by atoms with Crippen molar-refractivity contribution >= 4 is 103 Å². The average molecular weight is 232 g/mol. The second kappa shape index (κ2) is 16.5. The van der Waals surface area contributed by atoms with Gasteiger partial charge in [-0.1, -0.05) is 0 Å². The van der Waals surface area contributed by atoms with E-state index in [1.807, 2.05) is 0 Å². The predicted molar refractivity (Wildman–Crippen MR) is 37.7 cm³/mol. The quantitative estimate of drug-likeness (QED) is 0.485. The molecule has 0 saturated heterocycles. The zero-order valence-corrected chi connectivity index (χ0v) is 4.24. The molecule has 0 aromatic heterocycles. The van der Waals surface area contributed by atoms with Gasteiger partial charge in [0.2, 0.25) is 0 Å². The number of rotatable bonds is 0. The predicted octanol–water partition coefficient (Wildman–Crippen LogP) is -0.677. The van der Waals surface area contributed by atoms with Gasteiger partial charge in [0.1, 0.15) is 0 Å². The van der Waals surface area contributed by atoms with Crippen LogP contribution in [0.15, 0.2) is 0 Å². The molecule has 0 saturated carbocycles. The second-order valence-corrected chi connectivity index (χ2v) is 0. The van der Waals surface area contributed by atoms with Crippen molar-refractivity contribution < 1.29 is 0 Å². The van der Waals surface area contributed by atoms with Gasteiger partial charge >= 0.3 is 51.4 Å². The van der Waals surface area contributed by atoms with Crippen LogP contribution in [0.4, 0.5) is 0 Å². The van der Waals surface area contributed by atoms with Gasteiger partial charge < -0.3 is 0 Å². The molecular formula is H6AlBr2K. The Morgan fingerprint density at radius 1 is 0.750 bits per heavy atom. The van der Waals surface area contributed by atoms with Crippen molar-refractivity contribution in [2.45, 2.75) is 0 Å². The van der Waals surface area contributed by atoms with E-state index in [9.17, 15) is 0 Å². The van der Waals surface area contributed by atoms with Crippen LogP contribution in [0.2, 0.25) is 0 Å². The van der Waals surface area contributed by atoms with Crippen molar-refractivity contribution in [3.8, 4) is 0 Å². The molecule has 4 heteroatoms. The molecule has 0 atom stereocenters. The molecule has 0 aliphatic rings. The molecule has 0 nitrogen and oxygen atoms in total. The molecule has 0 rings (SSSR count). The van der Waals surface area contributed by atoms with Crippen molar-refractivity contribution in [2.75, 3.05) is 0 Å². The van der Waals surface area contributed by atoms with E-state index in [4.69, 9.17) is 0 Å². The average Bonchev–Trinajstić information content (AvgIpc) is 0. The summed E-state index contributed by atoms with van der Waals surface area (Å²) in [6.07, 6.45) is 0. The van der Waals surface area contributed by atoms with E-state index < -0.39 is 0 Å². The molecule has 0 radical (unpaired) electrons. The van der Waals surface area contributed by atoms with Crippen molar-refractivity contribution in [2.24, 2.45) is 0 Å². The molecule has 0 bridgehead atoms. The molecule has 0 aromatic carbocycles. The molecule has 0 N–H and O–H groups in total. The Morgan fingerprint density at radius 2 is 0.750 bits per heavy atom. The standard InChI is InChI=1S/Al.2BrH.K.4H/h;2*1H;;;;;.